The van der Waals surface area contributed by atoms with Crippen LogP contribution in [0.3, 0.4) is 0 Å². The van der Waals surface area contributed by atoms with Gasteiger partial charge in [0.15, 0.2) is 0 Å². The lowest BCUT2D eigenvalue weighted by atomic mass is 9.70. The molecule has 0 aromatic heterocycles. The molecule has 0 fully saturated rings. The highest BCUT2D eigenvalue weighted by Crippen LogP contribution is 2.42. The maximum absolute atomic E-state index is 2.86. The summed E-state index contributed by atoms with van der Waals surface area (Å²) in [6.45, 7) is 7.07. The van der Waals surface area contributed by atoms with E-state index in [1.54, 1.807) is 0 Å². The van der Waals surface area contributed by atoms with E-state index in [4.69, 9.17) is 0 Å². The van der Waals surface area contributed by atoms with Crippen molar-refractivity contribution in [3.8, 4) is 0 Å². The van der Waals surface area contributed by atoms with Gasteiger partial charge in [0.05, 0.1) is 0 Å². The highest BCUT2D eigenvalue weighted by Gasteiger charge is 2.28. The summed E-state index contributed by atoms with van der Waals surface area (Å²) in [6.07, 6.45) is 41.0. The predicted octanol–water partition coefficient (Wildman–Crippen LogP) is 13.3. The SMILES string of the molecule is CCCCCCC(CCCCCC)(CCCCCC)CCCCCCCCCCCCCP.[P]. The average Bonchev–Trinajstić information content (AvgIpc) is 2.83. The van der Waals surface area contributed by atoms with Crippen molar-refractivity contribution in [3.63, 3.8) is 0 Å². The van der Waals surface area contributed by atoms with Crippen LogP contribution >= 0.6 is 19.1 Å². The van der Waals surface area contributed by atoms with Crippen molar-refractivity contribution in [1.82, 2.24) is 0 Å². The Bertz CT molecular complexity index is 324. The molecule has 0 saturated carbocycles. The van der Waals surface area contributed by atoms with Gasteiger partial charge in [-0.2, -0.15) is 0 Å². The molecule has 1 unspecified atom stereocenters. The second-order valence-electron chi connectivity index (χ2n) is 11.4. The topological polar surface area (TPSA) is 0 Å². The van der Waals surface area contributed by atoms with Crippen molar-refractivity contribution in [2.75, 3.05) is 6.16 Å². The van der Waals surface area contributed by atoms with Crippen LogP contribution in [-0.4, -0.2) is 6.16 Å². The smallest absolute Gasteiger partial charge is 0 e. The lowest BCUT2D eigenvalue weighted by molar-refractivity contribution is 0.172. The predicted molar refractivity (Wildman–Crippen MR) is 166 cm³/mol. The third-order valence-electron chi connectivity index (χ3n) is 8.09. The molecule has 0 aliphatic heterocycles. The summed E-state index contributed by atoms with van der Waals surface area (Å²) in [5, 5.41) is 0. The number of hydrogen-bond acceptors (Lipinski definition) is 0. The molecule has 0 aliphatic rings. The number of hydrogen-bond donors (Lipinski definition) is 0. The van der Waals surface area contributed by atoms with Crippen molar-refractivity contribution in [2.24, 2.45) is 5.41 Å². The highest BCUT2D eigenvalue weighted by molar-refractivity contribution is 7.16. The Kier molecular flexibility index (Phi) is 32.8. The van der Waals surface area contributed by atoms with E-state index in [0.29, 0.717) is 5.41 Å². The molecule has 0 heterocycles. The molecule has 2 heteroatoms. The van der Waals surface area contributed by atoms with Crippen molar-refractivity contribution in [3.05, 3.63) is 0 Å². The van der Waals surface area contributed by atoms with Gasteiger partial charge in [-0.15, -0.1) is 9.24 Å². The van der Waals surface area contributed by atoms with Crippen LogP contribution in [0.15, 0.2) is 0 Å². The fourth-order valence-corrected chi connectivity index (χ4v) is 6.05. The van der Waals surface area contributed by atoms with E-state index in [1.807, 2.05) is 0 Å². The lowest BCUT2D eigenvalue weighted by Gasteiger charge is -2.35. The first-order valence-corrected chi connectivity index (χ1v) is 16.8. The van der Waals surface area contributed by atoms with E-state index < -0.39 is 0 Å². The van der Waals surface area contributed by atoms with Crippen LogP contribution < -0.4 is 0 Å². The third-order valence-corrected chi connectivity index (χ3v) is 8.50. The summed E-state index contributed by atoms with van der Waals surface area (Å²) in [4.78, 5) is 0. The molecule has 0 saturated heterocycles. The minimum Gasteiger partial charge on any atom is -0.138 e. The van der Waals surface area contributed by atoms with E-state index in [0.717, 1.165) is 0 Å². The largest absolute Gasteiger partial charge is 0.138 e. The second kappa shape index (κ2) is 30.1. The van der Waals surface area contributed by atoms with Gasteiger partial charge < -0.3 is 0 Å². The van der Waals surface area contributed by atoms with Crippen molar-refractivity contribution in [1.29, 1.82) is 0 Å². The minimum absolute atomic E-state index is 0. The third kappa shape index (κ3) is 24.5. The molecule has 205 valence electrons. The Labute approximate surface area is 224 Å². The van der Waals surface area contributed by atoms with Crippen LogP contribution in [0.25, 0.3) is 0 Å². The maximum atomic E-state index is 2.86. The molecule has 0 aliphatic carbocycles. The van der Waals surface area contributed by atoms with Gasteiger partial charge in [-0.1, -0.05) is 162 Å². The Hall–Kier alpha value is 0.860. The highest BCUT2D eigenvalue weighted by atomic mass is 31.0. The summed E-state index contributed by atoms with van der Waals surface area (Å²) < 4.78 is 0. The van der Waals surface area contributed by atoms with Gasteiger partial charge in [-0.05, 0) is 43.7 Å². The summed E-state index contributed by atoms with van der Waals surface area (Å²) in [5.41, 5.74) is 0.687. The zero-order valence-corrected chi connectivity index (χ0v) is 26.4. The zero-order chi connectivity index (χ0) is 24.3. The van der Waals surface area contributed by atoms with Gasteiger partial charge in [-0.25, -0.2) is 0 Å². The van der Waals surface area contributed by atoms with Crippen molar-refractivity contribution >= 4 is 19.1 Å². The van der Waals surface area contributed by atoms with E-state index in [1.165, 1.54) is 180 Å². The average molecular weight is 514 g/mol. The van der Waals surface area contributed by atoms with Gasteiger partial charge in [0, 0.05) is 9.90 Å². The first kappa shape index (κ1) is 37.0. The molecule has 0 aromatic rings. The molecule has 0 amide bonds. The zero-order valence-electron chi connectivity index (χ0n) is 24.3. The molecule has 0 spiro atoms. The Morgan fingerprint density at radius 2 is 0.588 bits per heavy atom. The molecule has 0 rings (SSSR count). The normalized spacial score (nSPS) is 11.6. The Morgan fingerprint density at radius 1 is 0.353 bits per heavy atom. The molecule has 1 atom stereocenters. The van der Waals surface area contributed by atoms with Crippen LogP contribution in [0.1, 0.15) is 194 Å². The van der Waals surface area contributed by atoms with Crippen LogP contribution in [0.2, 0.25) is 0 Å². The molecule has 0 aromatic carbocycles. The molecular formula is C32H67P2. The van der Waals surface area contributed by atoms with Crippen LogP contribution in [0.5, 0.6) is 0 Å². The summed E-state index contributed by atoms with van der Waals surface area (Å²) in [7, 11) is 2.86. The monoisotopic (exact) mass is 513 g/mol. The fourth-order valence-electron chi connectivity index (χ4n) is 5.77. The van der Waals surface area contributed by atoms with Gasteiger partial charge in [0.25, 0.3) is 0 Å². The lowest BCUT2D eigenvalue weighted by Crippen LogP contribution is -2.21. The second-order valence-corrected chi connectivity index (χ2v) is 11.9. The Balaban J connectivity index is 0. The van der Waals surface area contributed by atoms with Gasteiger partial charge in [-0.3, -0.25) is 0 Å². The first-order valence-electron chi connectivity index (χ1n) is 15.9. The van der Waals surface area contributed by atoms with Crippen molar-refractivity contribution in [2.45, 2.75) is 194 Å². The summed E-state index contributed by atoms with van der Waals surface area (Å²) in [5.74, 6) is 0. The molecular weight excluding hydrogens is 446 g/mol. The number of rotatable bonds is 28. The maximum Gasteiger partial charge on any atom is 0 e. The van der Waals surface area contributed by atoms with E-state index >= 15 is 0 Å². The molecule has 34 heavy (non-hydrogen) atoms. The van der Waals surface area contributed by atoms with Crippen LogP contribution in [0, 0.1) is 5.41 Å². The quantitative estimate of drug-likeness (QED) is 0.0720. The fraction of sp³-hybridized carbons (Fsp3) is 1.00. The number of unbranched alkanes of at least 4 members (excludes halogenated alkanes) is 19. The van der Waals surface area contributed by atoms with Crippen LogP contribution in [-0.2, 0) is 0 Å². The van der Waals surface area contributed by atoms with Gasteiger partial charge in [0.1, 0.15) is 0 Å². The molecule has 0 nitrogen and oxygen atoms in total. The van der Waals surface area contributed by atoms with Crippen molar-refractivity contribution < 1.29 is 0 Å². The van der Waals surface area contributed by atoms with E-state index in [9.17, 15) is 0 Å². The van der Waals surface area contributed by atoms with Gasteiger partial charge >= 0.3 is 0 Å². The van der Waals surface area contributed by atoms with Gasteiger partial charge in [0.2, 0.25) is 0 Å². The minimum atomic E-state index is 0. The Morgan fingerprint density at radius 3 is 0.853 bits per heavy atom. The molecule has 3 radical (unpaired) electrons. The first-order chi connectivity index (χ1) is 16.2. The molecule has 0 N–H and O–H groups in total. The summed E-state index contributed by atoms with van der Waals surface area (Å²) in [6, 6.07) is 0. The van der Waals surface area contributed by atoms with E-state index in [-0.39, 0.29) is 9.90 Å². The van der Waals surface area contributed by atoms with Crippen LogP contribution in [0.4, 0.5) is 0 Å². The summed E-state index contributed by atoms with van der Waals surface area (Å²) >= 11 is 0. The molecule has 0 bridgehead atoms. The van der Waals surface area contributed by atoms with E-state index in [2.05, 4.69) is 30.0 Å². The standard InChI is InChI=1S/C32H67P.P/c1-4-7-10-22-27-32(28-23-11-8-5-2,29-24-12-9-6-3)30-25-20-18-16-14-13-15-17-19-21-26-31-33;/h4-31,33H2,1-3H3;.